The predicted molar refractivity (Wildman–Crippen MR) is 155 cm³/mol. The number of fused-ring (bicyclic) bond motifs is 6. The van der Waals surface area contributed by atoms with Crippen LogP contribution < -0.4 is 5.43 Å². The first kappa shape index (κ1) is 27.0. The average Bonchev–Trinajstić information content (AvgIpc) is 3.49. The van der Waals surface area contributed by atoms with E-state index in [0.717, 1.165) is 48.6 Å². The Morgan fingerprint density at radius 2 is 1.87 bits per heavy atom. The Kier molecular flexibility index (Phi) is 7.16. The highest BCUT2D eigenvalue weighted by Crippen LogP contribution is 2.68. The summed E-state index contributed by atoms with van der Waals surface area (Å²) >= 11 is 0. The maximum absolute atomic E-state index is 12.7. The number of benzene rings is 1. The summed E-state index contributed by atoms with van der Waals surface area (Å²) in [6, 6.07) is 8.07. The number of nitrogens with one attached hydrogen (secondary N) is 2. The fourth-order valence-electron chi connectivity index (χ4n) is 10.2. The molecule has 1 aromatic heterocycles. The smallest absolute Gasteiger partial charge is 0.240 e. The largest absolute Gasteiger partial charge is 0.393 e. The highest BCUT2D eigenvalue weighted by atomic mass is 16.3. The van der Waals surface area contributed by atoms with Crippen molar-refractivity contribution in [2.24, 2.45) is 51.4 Å². The van der Waals surface area contributed by atoms with E-state index in [9.17, 15) is 15.0 Å². The lowest BCUT2D eigenvalue weighted by molar-refractivity contribution is -0.174. The van der Waals surface area contributed by atoms with Gasteiger partial charge in [-0.1, -0.05) is 39.0 Å². The van der Waals surface area contributed by atoms with Gasteiger partial charge in [0, 0.05) is 29.1 Å². The van der Waals surface area contributed by atoms with Gasteiger partial charge in [0.25, 0.3) is 0 Å². The number of aliphatic hydroxyl groups excluding tert-OH is 2. The van der Waals surface area contributed by atoms with Gasteiger partial charge in [-0.3, -0.25) is 4.79 Å². The van der Waals surface area contributed by atoms with E-state index >= 15 is 0 Å². The number of carbonyl (C=O) groups is 1. The molecule has 1 heterocycles. The van der Waals surface area contributed by atoms with Crippen LogP contribution in [0, 0.1) is 46.3 Å². The fraction of sp³-hybridized carbons (Fsp3) is 0.697. The number of H-pyrrole nitrogens is 1. The molecule has 39 heavy (non-hydrogen) atoms. The van der Waals surface area contributed by atoms with Crippen LogP contribution in [0.4, 0.5) is 0 Å². The summed E-state index contributed by atoms with van der Waals surface area (Å²) in [6.07, 6.45) is 13.2. The molecular formula is C33H47N3O3. The van der Waals surface area contributed by atoms with E-state index in [-0.39, 0.29) is 28.9 Å². The highest BCUT2D eigenvalue weighted by Gasteiger charge is 2.62. The zero-order valence-electron chi connectivity index (χ0n) is 23.9. The topological polar surface area (TPSA) is 97.7 Å². The van der Waals surface area contributed by atoms with Crippen molar-refractivity contribution in [3.63, 3.8) is 0 Å². The number of aromatic amines is 1. The number of aromatic nitrogens is 1. The Morgan fingerprint density at radius 1 is 1.10 bits per heavy atom. The minimum atomic E-state index is -0.238. The molecule has 0 saturated heterocycles. The molecule has 2 aromatic rings. The van der Waals surface area contributed by atoms with Crippen molar-refractivity contribution in [3.8, 4) is 0 Å². The van der Waals surface area contributed by atoms with Crippen LogP contribution in [0.15, 0.2) is 35.6 Å². The zero-order valence-corrected chi connectivity index (χ0v) is 23.9. The van der Waals surface area contributed by atoms with Gasteiger partial charge in [-0.05, 0) is 110 Å². The number of para-hydroxylation sites is 1. The van der Waals surface area contributed by atoms with Crippen molar-refractivity contribution in [3.05, 3.63) is 36.0 Å². The molecular weight excluding hydrogens is 486 g/mol. The Morgan fingerprint density at radius 3 is 2.72 bits per heavy atom. The molecule has 1 amide bonds. The average molecular weight is 534 g/mol. The number of carbonyl (C=O) groups excluding carboxylic acids is 1. The molecule has 0 aliphatic heterocycles. The number of aliphatic hydroxyl groups is 2. The van der Waals surface area contributed by atoms with E-state index < -0.39 is 0 Å². The number of hydrogen-bond donors (Lipinski definition) is 4. The summed E-state index contributed by atoms with van der Waals surface area (Å²) in [7, 11) is 0. The third-order valence-corrected chi connectivity index (χ3v) is 12.3. The maximum atomic E-state index is 12.7. The Balaban J connectivity index is 1.06. The van der Waals surface area contributed by atoms with Crippen molar-refractivity contribution in [1.82, 2.24) is 10.4 Å². The van der Waals surface area contributed by atoms with Crippen molar-refractivity contribution in [2.45, 2.75) is 97.2 Å². The van der Waals surface area contributed by atoms with Gasteiger partial charge in [0.05, 0.1) is 18.4 Å². The number of hydrazone groups is 1. The van der Waals surface area contributed by atoms with Crippen LogP contribution in [0.2, 0.25) is 0 Å². The summed E-state index contributed by atoms with van der Waals surface area (Å²) in [5.41, 5.74) is 5.27. The molecule has 6 nitrogen and oxygen atoms in total. The van der Waals surface area contributed by atoms with Crippen molar-refractivity contribution in [1.29, 1.82) is 0 Å². The molecule has 212 valence electrons. The molecule has 4 N–H and O–H groups in total. The Hall–Kier alpha value is -2.18. The highest BCUT2D eigenvalue weighted by molar-refractivity contribution is 5.99. The normalized spacial score (nSPS) is 40.7. The SMILES string of the molecule is C[C@@H](CCC(=O)N/N=C/c1c[nH]c2ccccc12)[C@H]1CC[C@H]2[C@@H]3[C@@H](O)C[C@H]4C[C@@H](O)CC[C@]4(C)[C@H]3CC[C@]12C. The molecule has 4 fully saturated rings. The summed E-state index contributed by atoms with van der Waals surface area (Å²) in [5.74, 6) is 3.02. The van der Waals surface area contributed by atoms with E-state index in [2.05, 4.69) is 36.3 Å². The first-order valence-corrected chi connectivity index (χ1v) is 15.4. The van der Waals surface area contributed by atoms with Gasteiger partial charge in [0.15, 0.2) is 0 Å². The minimum Gasteiger partial charge on any atom is -0.393 e. The monoisotopic (exact) mass is 533 g/mol. The second-order valence-electron chi connectivity index (χ2n) is 14.1. The third kappa shape index (κ3) is 4.65. The lowest BCUT2D eigenvalue weighted by atomic mass is 9.43. The Bertz CT molecular complexity index is 1220. The van der Waals surface area contributed by atoms with Gasteiger partial charge in [-0.25, -0.2) is 5.43 Å². The molecule has 1 aromatic carbocycles. The standard InChI is InChI=1S/C33H47N3O3/c1-20(8-11-30(39)36-35-19-21-18-34-28-7-5-4-6-24(21)28)25-9-10-26-31-27(13-15-33(25,26)3)32(2)14-12-23(37)16-22(32)17-29(31)38/h4-7,18-20,22-23,25-27,29,31,34,37-38H,8-17H2,1-3H3,(H,36,39)/b35-19+/t20-,22+,23-,25+,26-,27-,29-,31-,32-,33+/m0/s1. The number of hydrogen-bond acceptors (Lipinski definition) is 4. The van der Waals surface area contributed by atoms with Crippen LogP contribution in [0.1, 0.15) is 90.5 Å². The lowest BCUT2D eigenvalue weighted by Gasteiger charge is -2.62. The Labute approximate surface area is 233 Å². The third-order valence-electron chi connectivity index (χ3n) is 12.3. The van der Waals surface area contributed by atoms with E-state index in [0.29, 0.717) is 41.9 Å². The summed E-state index contributed by atoms with van der Waals surface area (Å²) < 4.78 is 0. The fourth-order valence-corrected chi connectivity index (χ4v) is 10.2. The van der Waals surface area contributed by atoms with Crippen LogP contribution in [-0.2, 0) is 4.79 Å². The number of rotatable bonds is 6. The van der Waals surface area contributed by atoms with Gasteiger partial charge >= 0.3 is 0 Å². The second-order valence-corrected chi connectivity index (χ2v) is 14.1. The molecule has 4 aliphatic rings. The van der Waals surface area contributed by atoms with E-state index in [1.807, 2.05) is 30.5 Å². The molecule has 6 heteroatoms. The van der Waals surface area contributed by atoms with E-state index in [1.54, 1.807) is 6.21 Å². The molecule has 6 rings (SSSR count). The molecule has 0 radical (unpaired) electrons. The van der Waals surface area contributed by atoms with Crippen LogP contribution in [0.25, 0.3) is 10.9 Å². The van der Waals surface area contributed by atoms with Crippen LogP contribution in [-0.4, -0.2) is 39.5 Å². The lowest BCUT2D eigenvalue weighted by Crippen LogP contribution is -2.58. The first-order valence-electron chi connectivity index (χ1n) is 15.4. The molecule has 0 unspecified atom stereocenters. The molecule has 4 aliphatic carbocycles. The minimum absolute atomic E-state index is 0.0255. The van der Waals surface area contributed by atoms with Crippen molar-refractivity contribution < 1.29 is 15.0 Å². The molecule has 10 atom stereocenters. The van der Waals surface area contributed by atoms with Crippen LogP contribution in [0.3, 0.4) is 0 Å². The van der Waals surface area contributed by atoms with Gasteiger partial charge < -0.3 is 15.2 Å². The quantitative estimate of drug-likeness (QED) is 0.270. The van der Waals surface area contributed by atoms with E-state index in [4.69, 9.17) is 0 Å². The maximum Gasteiger partial charge on any atom is 0.240 e. The van der Waals surface area contributed by atoms with Gasteiger partial charge in [-0.2, -0.15) is 5.10 Å². The molecule has 0 bridgehead atoms. The summed E-state index contributed by atoms with van der Waals surface area (Å²) in [5, 5.41) is 27.1. The van der Waals surface area contributed by atoms with Crippen LogP contribution in [0.5, 0.6) is 0 Å². The van der Waals surface area contributed by atoms with Gasteiger partial charge in [0.2, 0.25) is 5.91 Å². The zero-order chi connectivity index (χ0) is 27.4. The first-order chi connectivity index (χ1) is 18.7. The van der Waals surface area contributed by atoms with Gasteiger partial charge in [0.1, 0.15) is 0 Å². The number of nitrogens with zero attached hydrogens (tertiary/aromatic N) is 1. The predicted octanol–water partition coefficient (Wildman–Crippen LogP) is 6.02. The van der Waals surface area contributed by atoms with Crippen LogP contribution >= 0.6 is 0 Å². The van der Waals surface area contributed by atoms with Gasteiger partial charge in [-0.15, -0.1) is 0 Å². The summed E-state index contributed by atoms with van der Waals surface area (Å²) in [4.78, 5) is 15.9. The van der Waals surface area contributed by atoms with Crippen molar-refractivity contribution in [2.75, 3.05) is 0 Å². The molecule has 0 spiro atoms. The number of amides is 1. The van der Waals surface area contributed by atoms with E-state index in [1.165, 1.54) is 25.7 Å². The second kappa shape index (κ2) is 10.3. The van der Waals surface area contributed by atoms with Crippen molar-refractivity contribution >= 4 is 23.0 Å². The summed E-state index contributed by atoms with van der Waals surface area (Å²) in [6.45, 7) is 7.31. The molecule has 4 saturated carbocycles.